The second-order valence-corrected chi connectivity index (χ2v) is 7.85. The maximum Gasteiger partial charge on any atom is 0.313 e. The number of hydrogen-bond acceptors (Lipinski definition) is 8. The number of aromatic nitrogens is 3. The first kappa shape index (κ1) is 19.7. The number of carbonyl (C=O) groups excluding carboxylic acids is 2. The Balaban J connectivity index is 1.36. The van der Waals surface area contributed by atoms with Crippen molar-refractivity contribution in [1.82, 2.24) is 19.9 Å². The summed E-state index contributed by atoms with van der Waals surface area (Å²) >= 11 is 2.99. The molecular weight excluding hydrogens is 428 g/mol. The highest BCUT2D eigenvalue weighted by molar-refractivity contribution is 7.15. The van der Waals surface area contributed by atoms with Gasteiger partial charge in [0.15, 0.2) is 5.82 Å². The van der Waals surface area contributed by atoms with Gasteiger partial charge < -0.3 is 10.6 Å². The van der Waals surface area contributed by atoms with Crippen LogP contribution in [0.3, 0.4) is 0 Å². The fourth-order valence-corrected chi connectivity index (χ4v) is 4.22. The molecule has 0 saturated carbocycles. The van der Waals surface area contributed by atoms with E-state index < -0.39 is 16.7 Å². The molecule has 0 fully saturated rings. The van der Waals surface area contributed by atoms with Gasteiger partial charge >= 0.3 is 11.8 Å². The number of rotatable bonds is 6. The van der Waals surface area contributed by atoms with Crippen LogP contribution in [0.15, 0.2) is 47.2 Å². The molecule has 0 bridgehead atoms. The second kappa shape index (κ2) is 8.39. The van der Waals surface area contributed by atoms with Crippen LogP contribution in [0.25, 0.3) is 15.7 Å². The molecule has 152 valence electrons. The molecule has 0 aliphatic carbocycles. The average molecular weight is 442 g/mol. The number of nitrogens with one attached hydrogen (secondary N) is 2. The fourth-order valence-electron chi connectivity index (χ4n) is 2.71. The van der Waals surface area contributed by atoms with Crippen molar-refractivity contribution in [3.63, 3.8) is 0 Å². The number of thiophene rings is 1. The van der Waals surface area contributed by atoms with Gasteiger partial charge in [0.05, 0.1) is 15.5 Å². The second-order valence-electron chi connectivity index (χ2n) is 6.07. The quantitative estimate of drug-likeness (QED) is 0.268. The fraction of sp³-hybridized carbons (Fsp3) is 0.111. The number of nitro benzene ring substituents is 1. The van der Waals surface area contributed by atoms with E-state index in [4.69, 9.17) is 0 Å². The lowest BCUT2D eigenvalue weighted by Crippen LogP contribution is -2.36. The number of carbonyl (C=O) groups is 2. The summed E-state index contributed by atoms with van der Waals surface area (Å²) in [6.07, 6.45) is 0.442. The van der Waals surface area contributed by atoms with Crippen LogP contribution in [0.2, 0.25) is 0 Å². The molecule has 0 spiro atoms. The molecule has 0 aliphatic heterocycles. The summed E-state index contributed by atoms with van der Waals surface area (Å²) in [5.74, 6) is -1.20. The van der Waals surface area contributed by atoms with Crippen molar-refractivity contribution >= 4 is 50.8 Å². The summed E-state index contributed by atoms with van der Waals surface area (Å²) in [5.41, 5.74) is 0.530. The monoisotopic (exact) mass is 442 g/mol. The Bertz CT molecular complexity index is 1230. The molecule has 3 heterocycles. The Morgan fingerprint density at radius 1 is 1.13 bits per heavy atom. The number of benzene rings is 1. The van der Waals surface area contributed by atoms with Gasteiger partial charge in [0, 0.05) is 24.4 Å². The minimum absolute atomic E-state index is 0.0362. The third-order valence-corrected chi connectivity index (χ3v) is 5.84. The van der Waals surface area contributed by atoms with Gasteiger partial charge in [0.2, 0.25) is 4.96 Å². The highest BCUT2D eigenvalue weighted by Gasteiger charge is 2.19. The average Bonchev–Trinajstić information content (AvgIpc) is 3.46. The zero-order chi connectivity index (χ0) is 21.1. The van der Waals surface area contributed by atoms with E-state index in [0.717, 1.165) is 15.5 Å². The van der Waals surface area contributed by atoms with Gasteiger partial charge in [-0.05, 0) is 17.5 Å². The van der Waals surface area contributed by atoms with Crippen molar-refractivity contribution in [3.8, 4) is 10.7 Å². The summed E-state index contributed by atoms with van der Waals surface area (Å²) in [6.45, 7) is 0.198. The van der Waals surface area contributed by atoms with Crippen LogP contribution in [-0.2, 0) is 16.0 Å². The Morgan fingerprint density at radius 3 is 2.73 bits per heavy atom. The van der Waals surface area contributed by atoms with E-state index in [0.29, 0.717) is 12.2 Å². The predicted molar refractivity (Wildman–Crippen MR) is 113 cm³/mol. The first-order valence-corrected chi connectivity index (χ1v) is 10.5. The lowest BCUT2D eigenvalue weighted by atomic mass is 10.2. The summed E-state index contributed by atoms with van der Waals surface area (Å²) in [6, 6.07) is 9.49. The molecule has 0 unspecified atom stereocenters. The van der Waals surface area contributed by atoms with Crippen molar-refractivity contribution in [2.75, 3.05) is 11.9 Å². The smallest absolute Gasteiger partial charge is 0.313 e. The summed E-state index contributed by atoms with van der Waals surface area (Å²) in [7, 11) is 0. The van der Waals surface area contributed by atoms with E-state index >= 15 is 0 Å². The Kier molecular flexibility index (Phi) is 5.50. The van der Waals surface area contributed by atoms with Crippen molar-refractivity contribution in [2.45, 2.75) is 6.42 Å². The van der Waals surface area contributed by atoms with Gasteiger partial charge in [0.25, 0.3) is 5.69 Å². The zero-order valence-corrected chi connectivity index (χ0v) is 16.9. The molecule has 12 heteroatoms. The third-order valence-electron chi connectivity index (χ3n) is 4.11. The molecule has 1 aromatic carbocycles. The van der Waals surface area contributed by atoms with Crippen molar-refractivity contribution in [3.05, 3.63) is 63.0 Å². The number of hydrogen-bond donors (Lipinski definition) is 2. The third kappa shape index (κ3) is 4.04. The maximum absolute atomic E-state index is 12.1. The molecule has 0 saturated heterocycles. The van der Waals surface area contributed by atoms with Gasteiger partial charge in [0.1, 0.15) is 5.69 Å². The van der Waals surface area contributed by atoms with Gasteiger partial charge in [-0.15, -0.1) is 27.8 Å². The van der Waals surface area contributed by atoms with Crippen LogP contribution in [0, 0.1) is 10.1 Å². The highest BCUT2D eigenvalue weighted by atomic mass is 32.1. The first-order valence-electron chi connectivity index (χ1n) is 8.72. The van der Waals surface area contributed by atoms with Gasteiger partial charge in [-0.25, -0.2) is 4.52 Å². The van der Waals surface area contributed by atoms with Gasteiger partial charge in [-0.3, -0.25) is 19.7 Å². The molecule has 30 heavy (non-hydrogen) atoms. The largest absolute Gasteiger partial charge is 0.347 e. The van der Waals surface area contributed by atoms with E-state index in [2.05, 4.69) is 20.7 Å². The minimum atomic E-state index is -0.972. The molecule has 2 N–H and O–H groups in total. The van der Waals surface area contributed by atoms with Gasteiger partial charge in [-0.1, -0.05) is 18.2 Å². The minimum Gasteiger partial charge on any atom is -0.347 e. The molecule has 2 amide bonds. The van der Waals surface area contributed by atoms with Crippen LogP contribution >= 0.6 is 22.7 Å². The van der Waals surface area contributed by atoms with Crippen LogP contribution in [-0.4, -0.2) is 37.9 Å². The molecule has 0 radical (unpaired) electrons. The standard InChI is InChI=1S/C18H14N6O4S2/c25-16(17(26)20-12-4-1-2-5-13(12)24(27)28)19-8-7-11-10-30-18-21-15(22-23(11)18)14-6-3-9-29-14/h1-6,9-10H,7-8H2,(H,19,25)(H,20,26). The zero-order valence-electron chi connectivity index (χ0n) is 15.3. The SMILES string of the molecule is O=C(NCCc1csc2nc(-c3cccs3)nn12)C(=O)Nc1ccccc1[N+](=O)[O-]. The molecular formula is C18H14N6O4S2. The predicted octanol–water partition coefficient (Wildman–Crippen LogP) is 2.72. The molecule has 10 nitrogen and oxygen atoms in total. The van der Waals surface area contributed by atoms with Crippen molar-refractivity contribution < 1.29 is 14.5 Å². The number of thiazole rings is 1. The number of amides is 2. The Labute approximate surface area is 177 Å². The highest BCUT2D eigenvalue weighted by Crippen LogP contribution is 2.25. The van der Waals surface area contributed by atoms with Gasteiger partial charge in [-0.2, -0.15) is 4.98 Å². The molecule has 4 aromatic rings. The Morgan fingerprint density at radius 2 is 1.97 bits per heavy atom. The number of fused-ring (bicyclic) bond motifs is 1. The van der Waals surface area contributed by atoms with E-state index in [1.165, 1.54) is 35.6 Å². The van der Waals surface area contributed by atoms with E-state index in [-0.39, 0.29) is 17.9 Å². The van der Waals surface area contributed by atoms with E-state index in [9.17, 15) is 19.7 Å². The summed E-state index contributed by atoms with van der Waals surface area (Å²) < 4.78 is 1.72. The molecule has 0 aliphatic rings. The molecule has 0 atom stereocenters. The van der Waals surface area contributed by atoms with Crippen LogP contribution in [0.1, 0.15) is 5.69 Å². The van der Waals surface area contributed by atoms with Crippen LogP contribution < -0.4 is 10.6 Å². The molecule has 3 aromatic heterocycles. The lowest BCUT2D eigenvalue weighted by molar-refractivity contribution is -0.383. The topological polar surface area (TPSA) is 132 Å². The summed E-state index contributed by atoms with van der Waals surface area (Å²) in [5, 5.41) is 24.1. The lowest BCUT2D eigenvalue weighted by Gasteiger charge is -2.06. The first-order chi connectivity index (χ1) is 14.5. The Hall–Kier alpha value is -3.64. The van der Waals surface area contributed by atoms with Crippen molar-refractivity contribution in [1.29, 1.82) is 0 Å². The summed E-state index contributed by atoms with van der Waals surface area (Å²) in [4.78, 5) is 40.7. The van der Waals surface area contributed by atoms with Crippen molar-refractivity contribution in [2.24, 2.45) is 0 Å². The van der Waals surface area contributed by atoms with E-state index in [1.807, 2.05) is 22.9 Å². The number of nitrogens with zero attached hydrogens (tertiary/aromatic N) is 4. The number of nitro groups is 1. The van der Waals surface area contributed by atoms with Crippen LogP contribution in [0.5, 0.6) is 0 Å². The van der Waals surface area contributed by atoms with E-state index in [1.54, 1.807) is 15.9 Å². The molecule has 4 rings (SSSR count). The number of anilines is 1. The normalized spacial score (nSPS) is 10.8. The van der Waals surface area contributed by atoms with Crippen LogP contribution in [0.4, 0.5) is 11.4 Å². The number of para-hydroxylation sites is 2. The maximum atomic E-state index is 12.1.